The van der Waals surface area contributed by atoms with Gasteiger partial charge in [0.25, 0.3) is 5.88 Å². The molecule has 2 heterocycles. The van der Waals surface area contributed by atoms with E-state index in [1.165, 1.54) is 0 Å². The number of nitrogens with zero attached hydrogens (tertiary/aromatic N) is 3. The molecule has 20 heavy (non-hydrogen) atoms. The average molecular weight is 295 g/mol. The predicted octanol–water partition coefficient (Wildman–Crippen LogP) is 1.99. The van der Waals surface area contributed by atoms with Crippen molar-refractivity contribution in [1.29, 1.82) is 0 Å². The van der Waals surface area contributed by atoms with Gasteiger partial charge in [0.1, 0.15) is 0 Å². The number of fused-ring (bicyclic) bond motifs is 1. The van der Waals surface area contributed by atoms with Crippen molar-refractivity contribution in [3.8, 4) is 5.88 Å². The molecule has 1 saturated heterocycles. The number of nitrogens with two attached hydrogens (primary N) is 1. The number of halogens is 1. The number of anilines is 1. The van der Waals surface area contributed by atoms with Gasteiger partial charge in [0.2, 0.25) is 0 Å². The van der Waals surface area contributed by atoms with Crippen LogP contribution in [0.15, 0.2) is 24.3 Å². The van der Waals surface area contributed by atoms with Crippen LogP contribution in [0.2, 0.25) is 0 Å². The lowest BCUT2D eigenvalue weighted by molar-refractivity contribution is 0.394. The molecule has 0 saturated carbocycles. The van der Waals surface area contributed by atoms with Crippen molar-refractivity contribution in [3.63, 3.8) is 0 Å². The number of rotatable bonds is 2. The largest absolute Gasteiger partial charge is 0.478 e. The van der Waals surface area contributed by atoms with Gasteiger partial charge >= 0.3 is 0 Å². The standard InChI is InChI=1S/C14H18N4O.ClH/c1-19-14-13(18-8-6-10(15)7-9-18)16-11-4-2-3-5-12(11)17-14;/h2-5,10H,6-9,15H2,1H3;1H. The second-order valence-electron chi connectivity index (χ2n) is 4.87. The van der Waals surface area contributed by atoms with E-state index in [9.17, 15) is 0 Å². The van der Waals surface area contributed by atoms with Gasteiger partial charge in [-0.25, -0.2) is 9.97 Å². The molecule has 5 nitrogen and oxygen atoms in total. The lowest BCUT2D eigenvalue weighted by atomic mass is 10.1. The Bertz CT molecular complexity index is 584. The number of aromatic nitrogens is 2. The molecular weight excluding hydrogens is 276 g/mol. The highest BCUT2D eigenvalue weighted by Gasteiger charge is 2.21. The number of ether oxygens (including phenoxy) is 1. The minimum Gasteiger partial charge on any atom is -0.478 e. The van der Waals surface area contributed by atoms with Crippen LogP contribution in [-0.2, 0) is 0 Å². The maximum Gasteiger partial charge on any atom is 0.257 e. The maximum absolute atomic E-state index is 5.94. The van der Waals surface area contributed by atoms with Gasteiger partial charge in [-0.15, -0.1) is 12.4 Å². The zero-order valence-corrected chi connectivity index (χ0v) is 12.3. The van der Waals surface area contributed by atoms with E-state index in [4.69, 9.17) is 15.5 Å². The Morgan fingerprint density at radius 1 is 1.15 bits per heavy atom. The Morgan fingerprint density at radius 3 is 2.35 bits per heavy atom. The van der Waals surface area contributed by atoms with Crippen molar-refractivity contribution in [3.05, 3.63) is 24.3 Å². The fraction of sp³-hybridized carbons (Fsp3) is 0.429. The quantitative estimate of drug-likeness (QED) is 0.917. The molecule has 3 rings (SSSR count). The third-order valence-corrected chi connectivity index (χ3v) is 3.55. The van der Waals surface area contributed by atoms with Crippen LogP contribution >= 0.6 is 12.4 Å². The first kappa shape index (κ1) is 14.8. The average Bonchev–Trinajstić information content (AvgIpc) is 2.46. The Labute approximate surface area is 124 Å². The van der Waals surface area contributed by atoms with Gasteiger partial charge < -0.3 is 15.4 Å². The van der Waals surface area contributed by atoms with Crippen molar-refractivity contribution >= 4 is 29.3 Å². The van der Waals surface area contributed by atoms with E-state index in [2.05, 4.69) is 9.88 Å². The molecule has 0 amide bonds. The zero-order valence-electron chi connectivity index (χ0n) is 11.5. The lowest BCUT2D eigenvalue weighted by Gasteiger charge is -2.31. The molecule has 1 aliphatic rings. The molecule has 0 bridgehead atoms. The number of hydrogen-bond acceptors (Lipinski definition) is 5. The van der Waals surface area contributed by atoms with E-state index in [0.717, 1.165) is 42.8 Å². The topological polar surface area (TPSA) is 64.3 Å². The summed E-state index contributed by atoms with van der Waals surface area (Å²) in [6.07, 6.45) is 1.97. The molecule has 1 fully saturated rings. The normalized spacial score (nSPS) is 16.0. The van der Waals surface area contributed by atoms with Gasteiger partial charge in [0.05, 0.1) is 18.1 Å². The molecule has 2 aromatic rings. The molecule has 1 aromatic heterocycles. The first-order valence-corrected chi connectivity index (χ1v) is 6.59. The van der Waals surface area contributed by atoms with Crippen LogP contribution in [-0.4, -0.2) is 36.2 Å². The predicted molar refractivity (Wildman–Crippen MR) is 82.8 cm³/mol. The molecule has 2 N–H and O–H groups in total. The smallest absolute Gasteiger partial charge is 0.257 e. The molecule has 0 spiro atoms. The highest BCUT2D eigenvalue weighted by molar-refractivity contribution is 5.85. The summed E-state index contributed by atoms with van der Waals surface area (Å²) in [5, 5.41) is 0. The summed E-state index contributed by atoms with van der Waals surface area (Å²) in [7, 11) is 1.64. The van der Waals surface area contributed by atoms with Crippen molar-refractivity contribution in [2.24, 2.45) is 5.73 Å². The summed E-state index contributed by atoms with van der Waals surface area (Å²) in [6.45, 7) is 1.81. The molecule has 108 valence electrons. The molecule has 1 aliphatic heterocycles. The monoisotopic (exact) mass is 294 g/mol. The first-order valence-electron chi connectivity index (χ1n) is 6.59. The highest BCUT2D eigenvalue weighted by atomic mass is 35.5. The number of para-hydroxylation sites is 2. The molecule has 1 aromatic carbocycles. The Hall–Kier alpha value is -1.59. The van der Waals surface area contributed by atoms with E-state index >= 15 is 0 Å². The fourth-order valence-electron chi connectivity index (χ4n) is 2.43. The minimum absolute atomic E-state index is 0. The number of piperidine rings is 1. The molecule has 0 radical (unpaired) electrons. The van der Waals surface area contributed by atoms with E-state index in [1.54, 1.807) is 7.11 Å². The van der Waals surface area contributed by atoms with Gasteiger partial charge in [-0.3, -0.25) is 0 Å². The number of methoxy groups -OCH3 is 1. The van der Waals surface area contributed by atoms with Crippen LogP contribution < -0.4 is 15.4 Å². The van der Waals surface area contributed by atoms with E-state index < -0.39 is 0 Å². The summed E-state index contributed by atoms with van der Waals surface area (Å²) in [5.41, 5.74) is 7.70. The highest BCUT2D eigenvalue weighted by Crippen LogP contribution is 2.28. The Morgan fingerprint density at radius 2 is 1.75 bits per heavy atom. The third kappa shape index (κ3) is 2.78. The van der Waals surface area contributed by atoms with Crippen molar-refractivity contribution in [2.75, 3.05) is 25.1 Å². The molecule has 6 heteroatoms. The fourth-order valence-corrected chi connectivity index (χ4v) is 2.43. The van der Waals surface area contributed by atoms with Gasteiger partial charge in [-0.1, -0.05) is 12.1 Å². The van der Waals surface area contributed by atoms with Crippen LogP contribution in [0.4, 0.5) is 5.82 Å². The first-order chi connectivity index (χ1) is 9.28. The van der Waals surface area contributed by atoms with E-state index in [-0.39, 0.29) is 12.4 Å². The second-order valence-corrected chi connectivity index (χ2v) is 4.87. The second kappa shape index (κ2) is 6.24. The Balaban J connectivity index is 0.00000147. The van der Waals surface area contributed by atoms with Gasteiger partial charge in [0.15, 0.2) is 5.82 Å². The maximum atomic E-state index is 5.94. The van der Waals surface area contributed by atoms with Crippen LogP contribution in [0, 0.1) is 0 Å². The number of benzene rings is 1. The van der Waals surface area contributed by atoms with Crippen molar-refractivity contribution in [1.82, 2.24) is 9.97 Å². The van der Waals surface area contributed by atoms with Crippen molar-refractivity contribution in [2.45, 2.75) is 18.9 Å². The van der Waals surface area contributed by atoms with Gasteiger partial charge in [0, 0.05) is 19.1 Å². The molecule has 0 aliphatic carbocycles. The molecular formula is C14H19ClN4O. The SMILES string of the molecule is COc1nc2ccccc2nc1N1CCC(N)CC1.Cl. The van der Waals surface area contributed by atoms with E-state index in [0.29, 0.717) is 11.9 Å². The lowest BCUT2D eigenvalue weighted by Crippen LogP contribution is -2.40. The van der Waals surface area contributed by atoms with E-state index in [1.807, 2.05) is 24.3 Å². The molecule has 0 unspecified atom stereocenters. The minimum atomic E-state index is 0. The summed E-state index contributed by atoms with van der Waals surface area (Å²) in [5.74, 6) is 1.42. The zero-order chi connectivity index (χ0) is 13.2. The van der Waals surface area contributed by atoms with Crippen LogP contribution in [0.3, 0.4) is 0 Å². The summed E-state index contributed by atoms with van der Waals surface area (Å²) in [6, 6.07) is 8.15. The van der Waals surface area contributed by atoms with Gasteiger partial charge in [-0.2, -0.15) is 0 Å². The molecule has 0 atom stereocenters. The van der Waals surface area contributed by atoms with Crippen LogP contribution in [0.1, 0.15) is 12.8 Å². The van der Waals surface area contributed by atoms with Gasteiger partial charge in [-0.05, 0) is 25.0 Å². The third-order valence-electron chi connectivity index (χ3n) is 3.55. The number of hydrogen-bond donors (Lipinski definition) is 1. The summed E-state index contributed by atoms with van der Waals surface area (Å²) >= 11 is 0. The van der Waals surface area contributed by atoms with Crippen molar-refractivity contribution < 1.29 is 4.74 Å². The summed E-state index contributed by atoms with van der Waals surface area (Å²) in [4.78, 5) is 11.4. The van der Waals surface area contributed by atoms with Crippen LogP contribution in [0.5, 0.6) is 5.88 Å². The Kier molecular flexibility index (Phi) is 4.62. The van der Waals surface area contributed by atoms with Crippen LogP contribution in [0.25, 0.3) is 11.0 Å². The summed E-state index contributed by atoms with van der Waals surface area (Å²) < 4.78 is 5.39.